The average molecular weight is 579 g/mol. The quantitative estimate of drug-likeness (QED) is 0.191. The van der Waals surface area contributed by atoms with Crippen molar-refractivity contribution in [2.45, 2.75) is 68.2 Å². The zero-order valence-electron chi connectivity index (χ0n) is 21.5. The SMILES string of the molecule is C[C@@](O)(CC=C[C@H]1CCC(=O)[C@H]1CCSc1nc(C(=O)O)cs1)CCC(F)=C(F)F.OCC1CCNCC1. The van der Waals surface area contributed by atoms with Crippen LogP contribution in [0.5, 0.6) is 0 Å². The number of aromatic carboxylic acids is 1. The number of rotatable bonds is 12. The number of nitrogens with zero attached hydrogens (tertiary/aromatic N) is 1. The molecule has 7 nitrogen and oxygen atoms in total. The first kappa shape index (κ1) is 32.5. The molecule has 0 spiro atoms. The van der Waals surface area contributed by atoms with E-state index in [1.54, 1.807) is 6.08 Å². The van der Waals surface area contributed by atoms with Crippen molar-refractivity contribution in [3.8, 4) is 0 Å². The van der Waals surface area contributed by atoms with E-state index < -0.39 is 29.9 Å². The number of aliphatic hydroxyl groups excluding tert-OH is 1. The van der Waals surface area contributed by atoms with Crippen molar-refractivity contribution in [3.63, 3.8) is 0 Å². The first-order valence-electron chi connectivity index (χ1n) is 12.8. The molecule has 2 fully saturated rings. The molecule has 0 amide bonds. The van der Waals surface area contributed by atoms with Crippen molar-refractivity contribution >= 4 is 34.9 Å². The number of thiazole rings is 1. The number of aromatic nitrogens is 1. The van der Waals surface area contributed by atoms with Gasteiger partial charge in [-0.05, 0) is 70.4 Å². The van der Waals surface area contributed by atoms with Gasteiger partial charge in [0.05, 0.1) is 5.60 Å². The van der Waals surface area contributed by atoms with Crippen molar-refractivity contribution in [2.75, 3.05) is 25.4 Å². The number of hydrogen-bond acceptors (Lipinski definition) is 8. The number of piperidine rings is 1. The number of carboxylic acid groups (broad SMARTS) is 1. The summed E-state index contributed by atoms with van der Waals surface area (Å²) in [5.74, 6) is -1.32. The van der Waals surface area contributed by atoms with Crippen LogP contribution in [0.25, 0.3) is 0 Å². The Morgan fingerprint density at radius 1 is 1.29 bits per heavy atom. The third-order valence-corrected chi connectivity index (χ3v) is 8.81. The molecule has 3 atom stereocenters. The summed E-state index contributed by atoms with van der Waals surface area (Å²) in [6.45, 7) is 4.02. The van der Waals surface area contributed by atoms with E-state index in [0.717, 1.165) is 25.9 Å². The molecule has 1 saturated heterocycles. The lowest BCUT2D eigenvalue weighted by Gasteiger charge is -2.21. The lowest BCUT2D eigenvalue weighted by atomic mass is 9.90. The highest BCUT2D eigenvalue weighted by molar-refractivity contribution is 8.01. The molecule has 2 heterocycles. The van der Waals surface area contributed by atoms with Crippen LogP contribution in [-0.4, -0.2) is 63.1 Å². The number of thioether (sulfide) groups is 1. The van der Waals surface area contributed by atoms with Gasteiger partial charge in [-0.2, -0.15) is 8.78 Å². The molecule has 1 aliphatic heterocycles. The Morgan fingerprint density at radius 3 is 2.58 bits per heavy atom. The van der Waals surface area contributed by atoms with Gasteiger partial charge in [-0.25, -0.2) is 14.2 Å². The van der Waals surface area contributed by atoms with E-state index in [1.807, 2.05) is 6.08 Å². The molecule has 1 aromatic heterocycles. The van der Waals surface area contributed by atoms with Crippen molar-refractivity contribution in [3.05, 3.63) is 35.1 Å². The number of nitrogens with one attached hydrogen (secondary N) is 1. The normalized spacial score (nSPS) is 21.7. The summed E-state index contributed by atoms with van der Waals surface area (Å²) in [4.78, 5) is 27.1. The van der Waals surface area contributed by atoms with Gasteiger partial charge in [0, 0.05) is 36.5 Å². The molecule has 38 heavy (non-hydrogen) atoms. The van der Waals surface area contributed by atoms with E-state index in [1.165, 1.54) is 35.4 Å². The van der Waals surface area contributed by atoms with E-state index >= 15 is 0 Å². The Balaban J connectivity index is 0.000000538. The number of carboxylic acids is 1. The number of ketones is 1. The fourth-order valence-corrected chi connectivity index (χ4v) is 6.26. The fourth-order valence-electron chi connectivity index (χ4n) is 4.37. The third-order valence-electron chi connectivity index (χ3n) is 6.76. The van der Waals surface area contributed by atoms with Gasteiger partial charge < -0.3 is 20.6 Å². The highest BCUT2D eigenvalue weighted by Gasteiger charge is 2.32. The molecule has 1 saturated carbocycles. The standard InChI is InChI=1S/C20H24F3NO4S2.C6H13NO/c1-20(28,9-6-14(21)17(22)23)8-2-3-12-4-5-16(25)13(12)7-10-29-19-24-15(11-30-19)18(26)27;8-5-6-1-3-7-4-2-6/h2-3,11-13,28H,4-10H2,1H3,(H,26,27);6-8H,1-5H2/t12-,13-,20+;/m0./s1. The Kier molecular flexibility index (Phi) is 14.0. The Bertz CT molecular complexity index is 960. The average Bonchev–Trinajstić information content (AvgIpc) is 3.50. The van der Waals surface area contributed by atoms with Gasteiger partial charge in [-0.15, -0.1) is 11.3 Å². The number of halogens is 3. The van der Waals surface area contributed by atoms with Gasteiger partial charge in [-0.3, -0.25) is 4.79 Å². The number of allylic oxidation sites excluding steroid dienone is 2. The molecule has 214 valence electrons. The molecule has 12 heteroatoms. The van der Waals surface area contributed by atoms with Crippen LogP contribution in [0.1, 0.15) is 68.8 Å². The van der Waals surface area contributed by atoms with Crippen LogP contribution in [0, 0.1) is 17.8 Å². The number of hydrogen-bond donors (Lipinski definition) is 4. The monoisotopic (exact) mass is 578 g/mol. The summed E-state index contributed by atoms with van der Waals surface area (Å²) in [5.41, 5.74) is -1.30. The maximum absolute atomic E-state index is 12.9. The van der Waals surface area contributed by atoms with Gasteiger partial charge in [-0.1, -0.05) is 23.9 Å². The second kappa shape index (κ2) is 16.4. The molecule has 3 rings (SSSR count). The first-order chi connectivity index (χ1) is 18.0. The number of Topliss-reactive ketones (excluding diaryl/α,β-unsaturated/α-hetero) is 1. The second-order valence-electron chi connectivity index (χ2n) is 9.89. The molecular weight excluding hydrogens is 541 g/mol. The minimum Gasteiger partial charge on any atom is -0.476 e. The fraction of sp³-hybridized carbons (Fsp3) is 0.654. The molecule has 1 aliphatic carbocycles. The summed E-state index contributed by atoms with van der Waals surface area (Å²) in [5, 5.41) is 32.5. The summed E-state index contributed by atoms with van der Waals surface area (Å²) >= 11 is 2.67. The van der Waals surface area contributed by atoms with Gasteiger partial charge in [0.1, 0.15) is 5.78 Å². The zero-order chi connectivity index (χ0) is 28.1. The van der Waals surface area contributed by atoms with Crippen LogP contribution in [-0.2, 0) is 4.79 Å². The maximum Gasteiger partial charge on any atom is 0.355 e. The minimum absolute atomic E-state index is 0.0110. The van der Waals surface area contributed by atoms with Crippen LogP contribution < -0.4 is 5.32 Å². The highest BCUT2D eigenvalue weighted by Crippen LogP contribution is 2.35. The smallest absolute Gasteiger partial charge is 0.355 e. The lowest BCUT2D eigenvalue weighted by Crippen LogP contribution is -2.29. The van der Waals surface area contributed by atoms with Crippen LogP contribution in [0.2, 0.25) is 0 Å². The van der Waals surface area contributed by atoms with Crippen LogP contribution in [0.3, 0.4) is 0 Å². The predicted octanol–water partition coefficient (Wildman–Crippen LogP) is 5.45. The summed E-state index contributed by atoms with van der Waals surface area (Å²) in [6.07, 6.45) is 4.89. The molecule has 0 radical (unpaired) electrons. The van der Waals surface area contributed by atoms with Crippen molar-refractivity contribution in [2.24, 2.45) is 17.8 Å². The van der Waals surface area contributed by atoms with E-state index in [4.69, 9.17) is 10.2 Å². The van der Waals surface area contributed by atoms with Crippen LogP contribution >= 0.6 is 23.1 Å². The van der Waals surface area contributed by atoms with E-state index in [9.17, 15) is 27.9 Å². The van der Waals surface area contributed by atoms with Crippen molar-refractivity contribution in [1.29, 1.82) is 0 Å². The highest BCUT2D eigenvalue weighted by atomic mass is 32.2. The second-order valence-corrected chi connectivity index (χ2v) is 12.1. The molecule has 1 aromatic rings. The summed E-state index contributed by atoms with van der Waals surface area (Å²) in [6, 6.07) is 0. The molecule has 0 aromatic carbocycles. The maximum atomic E-state index is 12.9. The molecule has 4 N–H and O–H groups in total. The molecule has 0 unspecified atom stereocenters. The van der Waals surface area contributed by atoms with Gasteiger partial charge >= 0.3 is 12.0 Å². The van der Waals surface area contributed by atoms with E-state index in [-0.39, 0.29) is 36.2 Å². The van der Waals surface area contributed by atoms with Gasteiger partial charge in [0.2, 0.25) is 0 Å². The van der Waals surface area contributed by atoms with Gasteiger partial charge in [0.25, 0.3) is 0 Å². The van der Waals surface area contributed by atoms with Crippen molar-refractivity contribution < 1.29 is 38.1 Å². The third kappa shape index (κ3) is 11.6. The summed E-state index contributed by atoms with van der Waals surface area (Å²) in [7, 11) is 0. The minimum atomic E-state index is -2.36. The predicted molar refractivity (Wildman–Crippen MR) is 142 cm³/mol. The molecule has 2 aliphatic rings. The van der Waals surface area contributed by atoms with E-state index in [0.29, 0.717) is 41.9 Å². The zero-order valence-corrected chi connectivity index (χ0v) is 23.1. The van der Waals surface area contributed by atoms with Crippen LogP contribution in [0.4, 0.5) is 13.2 Å². The van der Waals surface area contributed by atoms with E-state index in [2.05, 4.69) is 10.3 Å². The van der Waals surface area contributed by atoms with Crippen molar-refractivity contribution in [1.82, 2.24) is 10.3 Å². The van der Waals surface area contributed by atoms with Gasteiger partial charge in [0.15, 0.2) is 15.9 Å². The molecular formula is C26H37F3N2O5S2. The summed E-state index contributed by atoms with van der Waals surface area (Å²) < 4.78 is 37.8. The number of carbonyl (C=O) groups is 2. The Morgan fingerprint density at radius 2 is 2.00 bits per heavy atom. The first-order valence-corrected chi connectivity index (χ1v) is 14.6. The number of carbonyl (C=O) groups excluding carboxylic acids is 1. The Hall–Kier alpha value is -1.73. The Labute approximate surface area is 229 Å². The topological polar surface area (TPSA) is 120 Å². The molecule has 0 bridgehead atoms. The largest absolute Gasteiger partial charge is 0.476 e. The lowest BCUT2D eigenvalue weighted by molar-refractivity contribution is -0.121. The number of aliphatic hydroxyl groups is 2. The van der Waals surface area contributed by atoms with Crippen LogP contribution in [0.15, 0.2) is 33.8 Å².